The molecule has 0 N–H and O–H groups in total. The van der Waals surface area contributed by atoms with Gasteiger partial charge in [0, 0.05) is 5.56 Å². The molecule has 0 aliphatic heterocycles. The smallest absolute Gasteiger partial charge is 0.106 e. The highest BCUT2D eigenvalue weighted by molar-refractivity contribution is 9.10. The van der Waals surface area contributed by atoms with E-state index in [4.69, 9.17) is 9.97 Å². The van der Waals surface area contributed by atoms with Crippen molar-refractivity contribution in [3.05, 3.63) is 130 Å². The Bertz CT molecular complexity index is 1490. The van der Waals surface area contributed by atoms with Crippen LogP contribution in [-0.4, -0.2) is 9.97 Å². The van der Waals surface area contributed by atoms with Crippen LogP contribution in [0.2, 0.25) is 0 Å². The van der Waals surface area contributed by atoms with Crippen LogP contribution in [0.1, 0.15) is 22.3 Å². The molecule has 3 aromatic carbocycles. The van der Waals surface area contributed by atoms with Gasteiger partial charge in [0.1, 0.15) is 4.60 Å². The van der Waals surface area contributed by atoms with Crippen molar-refractivity contribution >= 4 is 15.9 Å². The fraction of sp³-hybridized carbons (Fsp3) is 0.0345. The average Bonchev–Trinajstić information content (AvgIpc) is 3.31. The van der Waals surface area contributed by atoms with Crippen molar-refractivity contribution in [2.24, 2.45) is 0 Å². The highest BCUT2D eigenvalue weighted by Gasteiger charge is 2.52. The van der Waals surface area contributed by atoms with E-state index >= 15 is 0 Å². The van der Waals surface area contributed by atoms with Crippen molar-refractivity contribution in [2.45, 2.75) is 5.41 Å². The monoisotopic (exact) mass is 472 g/mol. The largest absolute Gasteiger partial charge is 0.246 e. The molecule has 0 bridgehead atoms. The van der Waals surface area contributed by atoms with Crippen LogP contribution in [0.4, 0.5) is 0 Å². The van der Waals surface area contributed by atoms with Crippen LogP contribution in [-0.2, 0) is 5.41 Å². The lowest BCUT2D eigenvalue weighted by atomic mass is 9.71. The minimum absolute atomic E-state index is 0.395. The number of nitrogens with zero attached hydrogens (tertiary/aromatic N) is 2. The molecule has 150 valence electrons. The number of halogens is 1. The van der Waals surface area contributed by atoms with E-state index in [0.717, 1.165) is 27.2 Å². The molecule has 0 radical (unpaired) electrons. The van der Waals surface area contributed by atoms with Gasteiger partial charge in [0.2, 0.25) is 0 Å². The number of hydrogen-bond acceptors (Lipinski definition) is 2. The maximum Gasteiger partial charge on any atom is 0.106 e. The van der Waals surface area contributed by atoms with Gasteiger partial charge in [0.05, 0.1) is 22.5 Å². The molecule has 1 spiro atoms. The molecule has 0 saturated carbocycles. The first kappa shape index (κ1) is 18.1. The Morgan fingerprint density at radius 2 is 1.06 bits per heavy atom. The molecule has 5 aromatic rings. The second-order valence-electron chi connectivity index (χ2n) is 8.33. The van der Waals surface area contributed by atoms with E-state index in [1.54, 1.807) is 0 Å². The molecular weight excluding hydrogens is 456 g/mol. The first-order valence-corrected chi connectivity index (χ1v) is 11.5. The summed E-state index contributed by atoms with van der Waals surface area (Å²) in [4.78, 5) is 10.1. The Hall–Kier alpha value is -3.56. The van der Waals surface area contributed by atoms with E-state index in [0.29, 0.717) is 0 Å². The summed E-state index contributed by atoms with van der Waals surface area (Å²) in [5.41, 5.74) is 11.2. The molecule has 2 heterocycles. The summed E-state index contributed by atoms with van der Waals surface area (Å²) in [5.74, 6) is 0. The summed E-state index contributed by atoms with van der Waals surface area (Å²) in [7, 11) is 0. The van der Waals surface area contributed by atoms with E-state index in [1.807, 2.05) is 12.1 Å². The second-order valence-corrected chi connectivity index (χ2v) is 9.14. The molecule has 3 heteroatoms. The van der Waals surface area contributed by atoms with Crippen LogP contribution in [0, 0.1) is 0 Å². The first-order chi connectivity index (χ1) is 15.8. The second kappa shape index (κ2) is 6.47. The van der Waals surface area contributed by atoms with Crippen molar-refractivity contribution in [1.29, 1.82) is 0 Å². The van der Waals surface area contributed by atoms with Gasteiger partial charge < -0.3 is 0 Å². The van der Waals surface area contributed by atoms with Gasteiger partial charge in [-0.3, -0.25) is 0 Å². The van der Waals surface area contributed by atoms with Crippen LogP contribution in [0.3, 0.4) is 0 Å². The first-order valence-electron chi connectivity index (χ1n) is 10.7. The lowest BCUT2D eigenvalue weighted by Crippen LogP contribution is -2.26. The molecule has 0 amide bonds. The molecule has 2 nitrogen and oxygen atoms in total. The molecule has 0 fully saturated rings. The van der Waals surface area contributed by atoms with Crippen LogP contribution in [0.15, 0.2) is 108 Å². The van der Waals surface area contributed by atoms with Crippen LogP contribution in [0.25, 0.3) is 33.8 Å². The zero-order valence-electron chi connectivity index (χ0n) is 17.1. The number of aromatic nitrogens is 2. The predicted octanol–water partition coefficient (Wildman–Crippen LogP) is 7.25. The average molecular weight is 473 g/mol. The van der Waals surface area contributed by atoms with Crippen LogP contribution >= 0.6 is 15.9 Å². The third-order valence-electron chi connectivity index (χ3n) is 6.81. The van der Waals surface area contributed by atoms with Crippen molar-refractivity contribution in [1.82, 2.24) is 9.97 Å². The summed E-state index contributed by atoms with van der Waals surface area (Å²) in [5, 5.41) is 0. The molecule has 2 aliphatic rings. The molecule has 32 heavy (non-hydrogen) atoms. The maximum absolute atomic E-state index is 5.19. The van der Waals surface area contributed by atoms with E-state index in [2.05, 4.69) is 107 Å². The number of hydrogen-bond donors (Lipinski definition) is 0. The van der Waals surface area contributed by atoms with E-state index < -0.39 is 5.41 Å². The molecule has 0 saturated heterocycles. The molecule has 7 rings (SSSR count). The summed E-state index contributed by atoms with van der Waals surface area (Å²) < 4.78 is 0.825. The van der Waals surface area contributed by atoms with Crippen molar-refractivity contribution in [2.75, 3.05) is 0 Å². The van der Waals surface area contributed by atoms with Crippen molar-refractivity contribution < 1.29 is 0 Å². The Kier molecular flexibility index (Phi) is 3.65. The number of pyridine rings is 2. The minimum Gasteiger partial charge on any atom is -0.246 e. The summed E-state index contributed by atoms with van der Waals surface area (Å²) in [6.07, 6.45) is 0. The summed E-state index contributed by atoms with van der Waals surface area (Å²) in [6.45, 7) is 0. The molecule has 2 aliphatic carbocycles. The normalized spacial score (nSPS) is 14.0. The maximum atomic E-state index is 5.19. The van der Waals surface area contributed by atoms with Crippen LogP contribution < -0.4 is 0 Å². The highest BCUT2D eigenvalue weighted by atomic mass is 79.9. The lowest BCUT2D eigenvalue weighted by Gasteiger charge is -2.29. The third kappa shape index (κ3) is 2.19. The van der Waals surface area contributed by atoms with Gasteiger partial charge in [-0.2, -0.15) is 0 Å². The zero-order chi connectivity index (χ0) is 21.3. The van der Waals surface area contributed by atoms with Gasteiger partial charge in [-0.15, -0.1) is 0 Å². The fourth-order valence-corrected chi connectivity index (χ4v) is 5.90. The Morgan fingerprint density at radius 1 is 0.500 bits per heavy atom. The van der Waals surface area contributed by atoms with E-state index in [-0.39, 0.29) is 0 Å². The fourth-order valence-electron chi connectivity index (χ4n) is 5.59. The van der Waals surface area contributed by atoms with Crippen LogP contribution in [0.5, 0.6) is 0 Å². The third-order valence-corrected chi connectivity index (χ3v) is 7.25. The number of fused-ring (bicyclic) bond motifs is 10. The number of benzene rings is 3. The topological polar surface area (TPSA) is 25.8 Å². The van der Waals surface area contributed by atoms with Gasteiger partial charge in [-0.1, -0.05) is 91.0 Å². The van der Waals surface area contributed by atoms with Crippen molar-refractivity contribution in [3.63, 3.8) is 0 Å². The predicted molar refractivity (Wildman–Crippen MR) is 131 cm³/mol. The summed E-state index contributed by atoms with van der Waals surface area (Å²) >= 11 is 3.60. The molecule has 2 aromatic heterocycles. The molecular formula is C29H17BrN2. The van der Waals surface area contributed by atoms with E-state index in [9.17, 15) is 0 Å². The zero-order valence-corrected chi connectivity index (χ0v) is 18.7. The van der Waals surface area contributed by atoms with Gasteiger partial charge in [-0.25, -0.2) is 9.97 Å². The molecule has 0 atom stereocenters. The highest BCUT2D eigenvalue weighted by Crippen LogP contribution is 2.62. The van der Waals surface area contributed by atoms with Gasteiger partial charge in [0.25, 0.3) is 0 Å². The quantitative estimate of drug-likeness (QED) is 0.235. The number of rotatable bonds is 1. The van der Waals surface area contributed by atoms with Gasteiger partial charge in [-0.05, 0) is 61.4 Å². The minimum atomic E-state index is -0.395. The van der Waals surface area contributed by atoms with E-state index in [1.165, 1.54) is 33.4 Å². The standard InChI is InChI=1S/C29H17BrN2/c30-26-17-15-24-28(32-26)27-23(14-16-25(31-27)18-8-2-1-3-9-18)29(24)21-12-6-4-10-19(21)20-11-5-7-13-22(20)29/h1-17H. The van der Waals surface area contributed by atoms with Gasteiger partial charge in [0.15, 0.2) is 0 Å². The van der Waals surface area contributed by atoms with Gasteiger partial charge >= 0.3 is 0 Å². The lowest BCUT2D eigenvalue weighted by molar-refractivity contribution is 0.789. The summed E-state index contributed by atoms with van der Waals surface area (Å²) in [6, 6.07) is 36.6. The Morgan fingerprint density at radius 3 is 1.75 bits per heavy atom. The Balaban J connectivity index is 1.62. The Labute approximate surface area is 194 Å². The SMILES string of the molecule is Brc1ccc2c(n1)-c1nc(-c3ccccc3)ccc1C21c2ccccc2-c2ccccc21. The van der Waals surface area contributed by atoms with Crippen molar-refractivity contribution in [3.8, 4) is 33.8 Å². The molecule has 0 unspecified atom stereocenters.